The van der Waals surface area contributed by atoms with Gasteiger partial charge in [0, 0.05) is 0 Å². The molecule has 80 valence electrons. The molecule has 0 aromatic rings. The molecule has 0 bridgehead atoms. The van der Waals surface area contributed by atoms with Crippen molar-refractivity contribution in [2.24, 2.45) is 0 Å². The molecular weight excluding hydrogens is 885 g/mol. The molecule has 0 aliphatic carbocycles. The van der Waals surface area contributed by atoms with Crippen molar-refractivity contribution in [3.8, 4) is 0 Å². The lowest BCUT2D eigenvalue weighted by Crippen LogP contribution is 0.860. The zero-order valence-corrected chi connectivity index (χ0v) is 24.9. The van der Waals surface area contributed by atoms with Gasteiger partial charge in [0.05, 0.1) is 0 Å². The second-order valence-electron chi connectivity index (χ2n) is 0. The molecular formula is H18I6P4. The van der Waals surface area contributed by atoms with Gasteiger partial charge in [0.25, 0.3) is 0 Å². The zero-order chi connectivity index (χ0) is 0. The predicted molar refractivity (Wildman–Crippen MR) is 137 cm³/mol. The van der Waals surface area contributed by atoms with E-state index in [2.05, 4.69) is 0 Å². The molecule has 4 unspecified atom stereocenters. The van der Waals surface area contributed by atoms with Crippen LogP contribution in [0, 0.1) is 0 Å². The molecule has 0 fully saturated rings. The lowest BCUT2D eigenvalue weighted by molar-refractivity contribution is 6.92. The summed E-state index contributed by atoms with van der Waals surface area (Å²) in [4.78, 5) is 0. The maximum atomic E-state index is 0. The molecule has 0 aromatic heterocycles. The largest absolute Gasteiger partial charge is 0.153 e. The molecule has 0 saturated heterocycles. The van der Waals surface area contributed by atoms with Gasteiger partial charge in [0.15, 0.2) is 0 Å². The van der Waals surface area contributed by atoms with Gasteiger partial charge in [-0.3, -0.25) is 0 Å². The SMILES string of the molecule is I.I.I.I.I.I.P.P.P.P. The number of hydrogen-bond donors (Lipinski definition) is 0. The Morgan fingerprint density at radius 3 is 0.200 bits per heavy atom. The molecule has 0 rings (SSSR count). The van der Waals surface area contributed by atoms with Crippen LogP contribution >= 0.6 is 183 Å². The third kappa shape index (κ3) is 65.0. The number of halogens is 6. The molecule has 0 aliphatic heterocycles. The van der Waals surface area contributed by atoms with Crippen LogP contribution in [0.3, 0.4) is 0 Å². The topological polar surface area (TPSA) is 0 Å². The van der Waals surface area contributed by atoms with Crippen molar-refractivity contribution in [3.63, 3.8) is 0 Å². The van der Waals surface area contributed by atoms with Crippen LogP contribution in [-0.2, 0) is 0 Å². The Morgan fingerprint density at radius 1 is 0.200 bits per heavy atom. The van der Waals surface area contributed by atoms with E-state index in [4.69, 9.17) is 0 Å². The minimum atomic E-state index is 0. The molecule has 0 N–H and O–H groups in total. The zero-order valence-electron chi connectivity index (χ0n) is 5.28. The Balaban J connectivity index is 0. The van der Waals surface area contributed by atoms with E-state index in [1.54, 1.807) is 0 Å². The monoisotopic (exact) mass is 903 g/mol. The van der Waals surface area contributed by atoms with E-state index in [1.807, 2.05) is 0 Å². The molecule has 0 aromatic carbocycles. The first kappa shape index (κ1) is 98.7. The van der Waals surface area contributed by atoms with E-state index >= 15 is 0 Å². The summed E-state index contributed by atoms with van der Waals surface area (Å²) in [5.41, 5.74) is 0. The van der Waals surface area contributed by atoms with Gasteiger partial charge in [-0.1, -0.05) is 0 Å². The molecule has 10 heavy (non-hydrogen) atoms. The first-order valence-corrected chi connectivity index (χ1v) is 0. The Bertz CT molecular complexity index is 9.71. The van der Waals surface area contributed by atoms with E-state index in [9.17, 15) is 0 Å². The molecule has 0 amide bonds. The van der Waals surface area contributed by atoms with Crippen molar-refractivity contribution in [2.45, 2.75) is 0 Å². The average molecular weight is 903 g/mol. The van der Waals surface area contributed by atoms with Crippen LogP contribution in [0.15, 0.2) is 0 Å². The Morgan fingerprint density at radius 2 is 0.200 bits per heavy atom. The molecule has 0 spiro atoms. The second kappa shape index (κ2) is 80.7. The molecule has 10 heteroatoms. The van der Waals surface area contributed by atoms with Crippen LogP contribution in [0.4, 0.5) is 0 Å². The average Bonchev–Trinajstić information content (AvgIpc) is 0. The maximum absolute atomic E-state index is 0. The van der Waals surface area contributed by atoms with Gasteiger partial charge in [-0.25, -0.2) is 0 Å². The van der Waals surface area contributed by atoms with E-state index in [0.29, 0.717) is 0 Å². The summed E-state index contributed by atoms with van der Waals surface area (Å²) in [7, 11) is 0. The van der Waals surface area contributed by atoms with E-state index in [0.717, 1.165) is 0 Å². The third-order valence-electron chi connectivity index (χ3n) is 0. The van der Waals surface area contributed by atoms with Gasteiger partial charge in [-0.2, -0.15) is 39.6 Å². The van der Waals surface area contributed by atoms with Gasteiger partial charge >= 0.3 is 0 Å². The van der Waals surface area contributed by atoms with Crippen LogP contribution in [0.5, 0.6) is 0 Å². The fraction of sp³-hybridized carbons (Fsp3) is 0. The summed E-state index contributed by atoms with van der Waals surface area (Å²) in [5.74, 6) is 0. The summed E-state index contributed by atoms with van der Waals surface area (Å²) < 4.78 is 0. The van der Waals surface area contributed by atoms with Gasteiger partial charge in [0.2, 0.25) is 0 Å². The highest BCUT2D eigenvalue weighted by molar-refractivity contribution is 14.0. The first-order valence-electron chi connectivity index (χ1n) is 0. The summed E-state index contributed by atoms with van der Waals surface area (Å²) in [6, 6.07) is 0. The normalized spacial score (nSPS) is 0. The summed E-state index contributed by atoms with van der Waals surface area (Å²) >= 11 is 0. The summed E-state index contributed by atoms with van der Waals surface area (Å²) in [5, 5.41) is 0. The highest BCUT2D eigenvalue weighted by Gasteiger charge is -0.102. The Kier molecular flexibility index (Phi) is 796. The van der Waals surface area contributed by atoms with Crippen molar-refractivity contribution in [2.75, 3.05) is 0 Å². The molecule has 0 saturated carbocycles. The first-order chi connectivity index (χ1) is 0. The van der Waals surface area contributed by atoms with E-state index < -0.39 is 0 Å². The smallest absolute Gasteiger partial charge is 0.107 e. The lowest BCUT2D eigenvalue weighted by atomic mass is 31.0. The highest BCUT2D eigenvalue weighted by atomic mass is 127. The van der Waals surface area contributed by atoms with Crippen molar-refractivity contribution in [1.29, 1.82) is 0 Å². The molecule has 0 heterocycles. The quantitative estimate of drug-likeness (QED) is 0.256. The molecule has 0 aliphatic rings. The fourth-order valence-electron chi connectivity index (χ4n) is 0. The van der Waals surface area contributed by atoms with E-state index in [1.165, 1.54) is 0 Å². The highest BCUT2D eigenvalue weighted by Crippen LogP contribution is 0.892. The Hall–Kier alpha value is 6.10. The minimum Gasteiger partial charge on any atom is -0.153 e. The minimum absolute atomic E-state index is 0. The fourth-order valence-corrected chi connectivity index (χ4v) is 0. The second-order valence-corrected chi connectivity index (χ2v) is 0. The molecule has 0 radical (unpaired) electrons. The van der Waals surface area contributed by atoms with Crippen molar-refractivity contribution >= 4 is 183 Å². The summed E-state index contributed by atoms with van der Waals surface area (Å²) in [6.45, 7) is 0. The van der Waals surface area contributed by atoms with Gasteiger partial charge in [-0.15, -0.1) is 144 Å². The maximum Gasteiger partial charge on any atom is -0.107 e. The molecule has 4 atom stereocenters. The number of hydrogen-bond acceptors (Lipinski definition) is 0. The Labute approximate surface area is 179 Å². The van der Waals surface area contributed by atoms with Crippen molar-refractivity contribution in [1.82, 2.24) is 0 Å². The van der Waals surface area contributed by atoms with Crippen molar-refractivity contribution in [3.05, 3.63) is 0 Å². The third-order valence-corrected chi connectivity index (χ3v) is 0. The van der Waals surface area contributed by atoms with Crippen LogP contribution in [0.2, 0.25) is 0 Å². The van der Waals surface area contributed by atoms with Crippen LogP contribution in [0.25, 0.3) is 0 Å². The van der Waals surface area contributed by atoms with Gasteiger partial charge in [0.1, 0.15) is 0 Å². The van der Waals surface area contributed by atoms with Gasteiger partial charge in [-0.05, 0) is 0 Å². The van der Waals surface area contributed by atoms with Crippen LogP contribution < -0.4 is 0 Å². The van der Waals surface area contributed by atoms with E-state index in [-0.39, 0.29) is 183 Å². The predicted octanol–water partition coefficient (Wildman–Crippen LogP) is 3.94. The number of rotatable bonds is 0. The van der Waals surface area contributed by atoms with Gasteiger partial charge < -0.3 is 0 Å². The molecule has 0 nitrogen and oxygen atoms in total. The lowest BCUT2D eigenvalue weighted by Gasteiger charge is -0.154. The van der Waals surface area contributed by atoms with Crippen molar-refractivity contribution < 1.29 is 0 Å². The van der Waals surface area contributed by atoms with Crippen LogP contribution in [-0.4, -0.2) is 0 Å². The standard InChI is InChI=1S/6HI.4H3P/h6*1H;4*1H3. The summed E-state index contributed by atoms with van der Waals surface area (Å²) in [6.07, 6.45) is 0. The van der Waals surface area contributed by atoms with Crippen LogP contribution in [0.1, 0.15) is 0 Å².